The number of nitrogens with zero attached hydrogens (tertiary/aromatic N) is 4. The Morgan fingerprint density at radius 1 is 1.18 bits per heavy atom. The molecule has 8 nitrogen and oxygen atoms in total. The number of ether oxygens (including phenoxy) is 2. The van der Waals surface area contributed by atoms with Crippen LogP contribution in [-0.4, -0.2) is 47.2 Å². The maximum atomic E-state index is 8.74. The summed E-state index contributed by atoms with van der Waals surface area (Å²) in [4.78, 5) is 6.84. The van der Waals surface area contributed by atoms with Gasteiger partial charge in [-0.3, -0.25) is 5.41 Å². The maximum Gasteiger partial charge on any atom is 0.128 e. The largest absolute Gasteiger partial charge is 0.486 e. The molecule has 0 aliphatic carbocycles. The topological polar surface area (TPSA) is 110 Å². The normalized spacial score (nSPS) is 17.2. The summed E-state index contributed by atoms with van der Waals surface area (Å²) >= 11 is 0. The van der Waals surface area contributed by atoms with Gasteiger partial charge in [0.1, 0.15) is 17.7 Å². The second-order valence-electron chi connectivity index (χ2n) is 9.16. The average molecular weight is 445 g/mol. The van der Waals surface area contributed by atoms with Crippen LogP contribution in [0, 0.1) is 24.7 Å². The van der Waals surface area contributed by atoms with E-state index >= 15 is 0 Å². The van der Waals surface area contributed by atoms with Gasteiger partial charge in [-0.1, -0.05) is 0 Å². The van der Waals surface area contributed by atoms with Crippen LogP contribution < -0.4 is 15.4 Å². The quantitative estimate of drug-likeness (QED) is 0.442. The van der Waals surface area contributed by atoms with E-state index in [2.05, 4.69) is 20.1 Å². The zero-order chi connectivity index (χ0) is 23.2. The summed E-state index contributed by atoms with van der Waals surface area (Å²) in [5, 5.41) is 16.9. The molecule has 1 atom stereocenters. The van der Waals surface area contributed by atoms with Crippen molar-refractivity contribution in [3.05, 3.63) is 70.7 Å². The van der Waals surface area contributed by atoms with E-state index in [1.54, 1.807) is 18.5 Å². The summed E-state index contributed by atoms with van der Waals surface area (Å²) in [6.45, 7) is 9.56. The first kappa shape index (κ1) is 21.3. The van der Waals surface area contributed by atoms with Crippen LogP contribution in [-0.2, 0) is 4.74 Å². The molecular weight excluding hydrogens is 416 g/mol. The van der Waals surface area contributed by atoms with Crippen LogP contribution in [0.3, 0.4) is 0 Å². The van der Waals surface area contributed by atoms with Crippen molar-refractivity contribution < 1.29 is 9.47 Å². The van der Waals surface area contributed by atoms with Gasteiger partial charge in [0, 0.05) is 41.7 Å². The van der Waals surface area contributed by atoms with E-state index in [4.69, 9.17) is 20.6 Å². The van der Waals surface area contributed by atoms with Gasteiger partial charge >= 0.3 is 0 Å². The molecule has 0 radical (unpaired) electrons. The fourth-order valence-corrected chi connectivity index (χ4v) is 4.69. The molecule has 170 valence electrons. The van der Waals surface area contributed by atoms with Crippen molar-refractivity contribution in [2.75, 3.05) is 36.9 Å². The van der Waals surface area contributed by atoms with Crippen molar-refractivity contribution >= 4 is 17.2 Å². The molecule has 0 saturated carbocycles. The number of hydrogen-bond donors (Lipinski definition) is 2. The summed E-state index contributed by atoms with van der Waals surface area (Å²) in [5.41, 5.74) is 11.6. The Kier molecular flexibility index (Phi) is 5.25. The number of aryl methyl sites for hydroxylation is 2. The zero-order valence-corrected chi connectivity index (χ0v) is 19.1. The number of nitrogen functional groups attached to an aromatic ring is 1. The van der Waals surface area contributed by atoms with Crippen LogP contribution in [0.2, 0.25) is 0 Å². The smallest absolute Gasteiger partial charge is 0.128 e. The summed E-state index contributed by atoms with van der Waals surface area (Å²) in [7, 11) is 0. The van der Waals surface area contributed by atoms with E-state index in [9.17, 15) is 0 Å². The molecule has 3 N–H and O–H groups in total. The van der Waals surface area contributed by atoms with Gasteiger partial charge in [-0.25, -0.2) is 4.98 Å². The fourth-order valence-electron chi connectivity index (χ4n) is 4.69. The molecule has 0 unspecified atom stereocenters. The lowest BCUT2D eigenvalue weighted by Gasteiger charge is -2.55. The van der Waals surface area contributed by atoms with Crippen molar-refractivity contribution in [2.45, 2.75) is 26.9 Å². The third kappa shape index (κ3) is 3.91. The van der Waals surface area contributed by atoms with Gasteiger partial charge < -0.3 is 20.1 Å². The first-order valence-corrected chi connectivity index (χ1v) is 11.1. The molecule has 2 saturated heterocycles. The van der Waals surface area contributed by atoms with Crippen molar-refractivity contribution in [1.82, 2.24) is 15.2 Å². The fraction of sp³-hybridized carbons (Fsp3) is 0.360. The van der Waals surface area contributed by atoms with E-state index in [-0.39, 0.29) is 6.10 Å². The van der Waals surface area contributed by atoms with E-state index in [0.717, 1.165) is 48.9 Å². The highest BCUT2D eigenvalue weighted by molar-refractivity contribution is 6.13. The summed E-state index contributed by atoms with van der Waals surface area (Å²) in [6, 6.07) is 9.32. The molecule has 5 rings (SSSR count). The van der Waals surface area contributed by atoms with Crippen LogP contribution in [0.5, 0.6) is 5.75 Å². The first-order chi connectivity index (χ1) is 15.8. The molecule has 3 aromatic rings. The Morgan fingerprint density at radius 3 is 2.61 bits per heavy atom. The van der Waals surface area contributed by atoms with Crippen molar-refractivity contribution in [3.63, 3.8) is 0 Å². The SMILES string of the molecule is Cc1cnnc(C)c1[C@@H](C)Oc1ccc(N)c(C(=N)c2ccc(N3CC4(COC4)C3)nc2)c1. The first-order valence-electron chi connectivity index (χ1n) is 11.1. The number of benzene rings is 1. The minimum Gasteiger partial charge on any atom is -0.486 e. The van der Waals surface area contributed by atoms with Gasteiger partial charge in [-0.2, -0.15) is 10.2 Å². The third-order valence-corrected chi connectivity index (χ3v) is 6.52. The van der Waals surface area contributed by atoms with Crippen molar-refractivity contribution in [2.24, 2.45) is 5.41 Å². The molecule has 2 aliphatic rings. The van der Waals surface area contributed by atoms with Gasteiger partial charge in [0.2, 0.25) is 0 Å². The van der Waals surface area contributed by atoms with Crippen LogP contribution >= 0.6 is 0 Å². The van der Waals surface area contributed by atoms with Crippen LogP contribution in [0.1, 0.15) is 41.0 Å². The Morgan fingerprint density at radius 2 is 1.97 bits per heavy atom. The van der Waals surface area contributed by atoms with Crippen molar-refractivity contribution in [3.8, 4) is 5.75 Å². The molecule has 2 fully saturated rings. The monoisotopic (exact) mass is 444 g/mol. The molecular formula is C25H28N6O2. The van der Waals surface area contributed by atoms with Gasteiger partial charge in [-0.15, -0.1) is 0 Å². The lowest BCUT2D eigenvalue weighted by molar-refractivity contribution is -0.127. The van der Waals surface area contributed by atoms with Crippen LogP contribution in [0.4, 0.5) is 11.5 Å². The number of aromatic nitrogens is 3. The van der Waals surface area contributed by atoms with Gasteiger partial charge in [0.05, 0.1) is 36.2 Å². The number of hydrogen-bond acceptors (Lipinski definition) is 8. The summed E-state index contributed by atoms with van der Waals surface area (Å²) < 4.78 is 11.5. The number of rotatable bonds is 6. The maximum absolute atomic E-state index is 8.74. The summed E-state index contributed by atoms with van der Waals surface area (Å²) in [6.07, 6.45) is 3.27. The predicted octanol–water partition coefficient (Wildman–Crippen LogP) is 3.46. The number of anilines is 2. The molecule has 1 aromatic carbocycles. The highest BCUT2D eigenvalue weighted by atomic mass is 16.5. The Balaban J connectivity index is 1.32. The van der Waals surface area contributed by atoms with E-state index < -0.39 is 0 Å². The number of pyridine rings is 1. The molecule has 2 aromatic heterocycles. The minimum atomic E-state index is -0.215. The van der Waals surface area contributed by atoms with Crippen molar-refractivity contribution in [1.29, 1.82) is 5.41 Å². The molecule has 4 heterocycles. The highest BCUT2D eigenvalue weighted by Gasteiger charge is 2.49. The summed E-state index contributed by atoms with van der Waals surface area (Å²) in [5.74, 6) is 1.57. The minimum absolute atomic E-state index is 0.215. The van der Waals surface area contributed by atoms with Gasteiger partial charge in [0.15, 0.2) is 0 Å². The highest BCUT2D eigenvalue weighted by Crippen LogP contribution is 2.39. The van der Waals surface area contributed by atoms with Gasteiger partial charge in [0.25, 0.3) is 0 Å². The Hall–Kier alpha value is -3.52. The molecule has 33 heavy (non-hydrogen) atoms. The second kappa shape index (κ2) is 8.12. The molecule has 8 heteroatoms. The van der Waals surface area contributed by atoms with E-state index in [0.29, 0.717) is 33.7 Å². The molecule has 0 amide bonds. The third-order valence-electron chi connectivity index (χ3n) is 6.52. The molecule has 1 spiro atoms. The van der Waals surface area contributed by atoms with Gasteiger partial charge in [-0.05, 0) is 56.7 Å². The Bertz CT molecular complexity index is 1180. The number of nitrogens with one attached hydrogen (secondary N) is 1. The predicted molar refractivity (Wildman–Crippen MR) is 127 cm³/mol. The Labute approximate surface area is 193 Å². The van der Waals surface area contributed by atoms with E-state index in [1.165, 1.54) is 0 Å². The molecule has 0 bridgehead atoms. The lowest BCUT2D eigenvalue weighted by atomic mass is 9.78. The standard InChI is InChI=1S/C25H28N6O2/c1-15-9-29-30-16(2)23(15)17(3)33-19-5-6-21(26)20(8-19)24(27)18-4-7-22(28-10-18)31-11-25(12-31)13-32-14-25/h4-10,17,27H,11-14,26H2,1-3H3/t17-/m1/s1. The van der Waals surface area contributed by atoms with E-state index in [1.807, 2.05) is 45.0 Å². The van der Waals surface area contributed by atoms with Crippen LogP contribution in [0.15, 0.2) is 42.7 Å². The van der Waals surface area contributed by atoms with Crippen LogP contribution in [0.25, 0.3) is 0 Å². The number of nitrogens with two attached hydrogens (primary N) is 1. The lowest BCUT2D eigenvalue weighted by Crippen LogP contribution is -2.66. The zero-order valence-electron chi connectivity index (χ0n) is 19.1. The molecule has 2 aliphatic heterocycles. The second-order valence-corrected chi connectivity index (χ2v) is 9.16. The average Bonchev–Trinajstić information content (AvgIpc) is 2.73.